The van der Waals surface area contributed by atoms with Gasteiger partial charge in [-0.1, -0.05) is 0 Å². The van der Waals surface area contributed by atoms with Crippen molar-refractivity contribution in [3.05, 3.63) is 23.4 Å². The molecule has 0 aliphatic rings. The molecule has 0 radical (unpaired) electrons. The average Bonchev–Trinajstić information content (AvgIpc) is 2.34. The Morgan fingerprint density at radius 2 is 1.95 bits per heavy atom. The highest BCUT2D eigenvalue weighted by Gasteiger charge is 2.34. The van der Waals surface area contributed by atoms with E-state index in [0.29, 0.717) is 6.07 Å². The van der Waals surface area contributed by atoms with Crippen LogP contribution in [0.25, 0.3) is 0 Å². The molecule has 0 aliphatic carbocycles. The fourth-order valence-corrected chi connectivity index (χ4v) is 1.42. The molecule has 0 aromatic carbocycles. The summed E-state index contributed by atoms with van der Waals surface area (Å²) in [5.41, 5.74) is 3.54. The first-order valence-corrected chi connectivity index (χ1v) is 5.39. The smallest absolute Gasteiger partial charge is 0.433 e. The van der Waals surface area contributed by atoms with Gasteiger partial charge >= 0.3 is 12.1 Å². The Morgan fingerprint density at radius 1 is 1.40 bits per heavy atom. The molecule has 9 heteroatoms. The molecule has 0 spiro atoms. The van der Waals surface area contributed by atoms with Crippen molar-refractivity contribution in [2.75, 3.05) is 11.9 Å². The Balaban J connectivity index is 3.40. The lowest BCUT2D eigenvalue weighted by Gasteiger charge is -2.24. The Labute approximate surface area is 112 Å². The van der Waals surface area contributed by atoms with E-state index in [1.165, 1.54) is 14.0 Å². The molecule has 0 fully saturated rings. The number of rotatable bonds is 4. The zero-order chi connectivity index (χ0) is 15.7. The quantitative estimate of drug-likeness (QED) is 0.866. The first-order chi connectivity index (χ1) is 9.05. The predicted molar refractivity (Wildman–Crippen MR) is 63.3 cm³/mol. The number of halogens is 3. The Bertz CT molecular complexity index is 545. The summed E-state index contributed by atoms with van der Waals surface area (Å²) < 4.78 is 37.8. The topological polar surface area (TPSA) is 96.5 Å². The van der Waals surface area contributed by atoms with E-state index in [1.54, 1.807) is 0 Å². The number of likely N-dealkylation sites (N-methyl/N-ethyl adjacent to an activating group) is 1. The zero-order valence-corrected chi connectivity index (χ0v) is 10.6. The van der Waals surface area contributed by atoms with E-state index in [2.05, 4.69) is 4.98 Å². The van der Waals surface area contributed by atoms with Gasteiger partial charge < -0.3 is 15.7 Å². The van der Waals surface area contributed by atoms with Crippen LogP contribution in [0.4, 0.5) is 19.0 Å². The number of nitrogens with two attached hydrogens (primary N) is 1. The fraction of sp³-hybridized carbons (Fsp3) is 0.364. The number of carbonyl (C=O) groups is 2. The number of anilines is 1. The van der Waals surface area contributed by atoms with E-state index in [1.807, 2.05) is 0 Å². The van der Waals surface area contributed by atoms with Crippen molar-refractivity contribution in [1.82, 2.24) is 4.98 Å². The van der Waals surface area contributed by atoms with Gasteiger partial charge in [-0.05, 0) is 19.1 Å². The number of primary amides is 1. The molecule has 1 aromatic rings. The molecule has 0 saturated heterocycles. The summed E-state index contributed by atoms with van der Waals surface area (Å²) in [6.07, 6.45) is -4.71. The second-order valence-electron chi connectivity index (χ2n) is 4.05. The van der Waals surface area contributed by atoms with Gasteiger partial charge in [0, 0.05) is 7.05 Å². The summed E-state index contributed by atoms with van der Waals surface area (Å²) in [5.74, 6) is -2.70. The van der Waals surface area contributed by atoms with E-state index in [9.17, 15) is 22.8 Å². The van der Waals surface area contributed by atoms with Crippen LogP contribution in [-0.4, -0.2) is 35.1 Å². The van der Waals surface area contributed by atoms with Gasteiger partial charge in [0.15, 0.2) is 0 Å². The maximum absolute atomic E-state index is 12.6. The van der Waals surface area contributed by atoms with Crippen LogP contribution in [0.3, 0.4) is 0 Å². The molecule has 1 aromatic heterocycles. The number of alkyl halides is 3. The van der Waals surface area contributed by atoms with Gasteiger partial charge in [0.2, 0.25) is 0 Å². The van der Waals surface area contributed by atoms with Crippen molar-refractivity contribution in [1.29, 1.82) is 0 Å². The van der Waals surface area contributed by atoms with Crippen LogP contribution < -0.4 is 10.6 Å². The molecule has 3 N–H and O–H groups in total. The fourth-order valence-electron chi connectivity index (χ4n) is 1.42. The minimum atomic E-state index is -4.71. The number of nitrogens with zero attached hydrogens (tertiary/aromatic N) is 2. The molecule has 1 rings (SSSR count). The summed E-state index contributed by atoms with van der Waals surface area (Å²) in [7, 11) is 1.22. The van der Waals surface area contributed by atoms with Crippen molar-refractivity contribution in [3.8, 4) is 0 Å². The van der Waals surface area contributed by atoms with Crippen LogP contribution in [0.1, 0.15) is 23.0 Å². The molecule has 1 unspecified atom stereocenters. The normalized spacial score (nSPS) is 12.8. The van der Waals surface area contributed by atoms with E-state index >= 15 is 0 Å². The summed E-state index contributed by atoms with van der Waals surface area (Å²) in [6, 6.07) is 0.311. The van der Waals surface area contributed by atoms with Crippen molar-refractivity contribution in [2.45, 2.75) is 19.1 Å². The monoisotopic (exact) mass is 291 g/mol. The Kier molecular flexibility index (Phi) is 4.21. The second kappa shape index (κ2) is 5.35. The summed E-state index contributed by atoms with van der Waals surface area (Å²) in [6.45, 7) is 1.25. The van der Waals surface area contributed by atoms with Crippen molar-refractivity contribution >= 4 is 17.7 Å². The lowest BCUT2D eigenvalue weighted by molar-refractivity contribution is -0.141. The summed E-state index contributed by atoms with van der Waals surface area (Å²) in [5, 5.41) is 8.86. The van der Waals surface area contributed by atoms with Crippen LogP contribution >= 0.6 is 0 Å². The maximum atomic E-state index is 12.6. The summed E-state index contributed by atoms with van der Waals surface area (Å²) >= 11 is 0. The summed E-state index contributed by atoms with van der Waals surface area (Å²) in [4.78, 5) is 26.3. The molecule has 1 atom stereocenters. The first kappa shape index (κ1) is 15.7. The van der Waals surface area contributed by atoms with Gasteiger partial charge in [0.25, 0.3) is 5.91 Å². The molecule has 0 aliphatic heterocycles. The Hall–Kier alpha value is -2.32. The number of carboxylic acids is 1. The number of carbonyl (C=O) groups excluding carboxylic acids is 1. The lowest BCUT2D eigenvalue weighted by atomic mass is 10.2. The molecule has 110 valence electrons. The largest absolute Gasteiger partial charge is 0.480 e. The molecule has 0 saturated carbocycles. The molecular weight excluding hydrogens is 279 g/mol. The molecule has 0 bridgehead atoms. The third kappa shape index (κ3) is 3.16. The SMILES string of the molecule is CC(C(=O)O)N(C)c1nc(C(F)(F)F)ccc1C(N)=O. The third-order valence-corrected chi connectivity index (χ3v) is 2.70. The minimum absolute atomic E-state index is 0.284. The van der Waals surface area contributed by atoms with E-state index in [4.69, 9.17) is 10.8 Å². The number of pyridine rings is 1. The highest BCUT2D eigenvalue weighted by molar-refractivity contribution is 5.98. The molecule has 1 heterocycles. The van der Waals surface area contributed by atoms with Crippen LogP contribution in [0.2, 0.25) is 0 Å². The number of aliphatic carboxylic acids is 1. The molecule has 20 heavy (non-hydrogen) atoms. The molecule has 1 amide bonds. The van der Waals surface area contributed by atoms with Crippen molar-refractivity contribution in [3.63, 3.8) is 0 Å². The second-order valence-corrected chi connectivity index (χ2v) is 4.05. The van der Waals surface area contributed by atoms with E-state index < -0.39 is 35.6 Å². The van der Waals surface area contributed by atoms with Gasteiger partial charge in [-0.15, -0.1) is 0 Å². The van der Waals surface area contributed by atoms with Gasteiger partial charge in [-0.3, -0.25) is 4.79 Å². The standard InChI is InChI=1S/C11H12F3N3O3/c1-5(10(19)20)17(2)9-6(8(15)18)3-4-7(16-9)11(12,13)14/h3-5H,1-2H3,(H2,15,18)(H,19,20). The first-order valence-electron chi connectivity index (χ1n) is 5.39. The highest BCUT2D eigenvalue weighted by atomic mass is 19.4. The van der Waals surface area contributed by atoms with Crippen LogP contribution in [0.15, 0.2) is 12.1 Å². The van der Waals surface area contributed by atoms with Crippen LogP contribution in [-0.2, 0) is 11.0 Å². The lowest BCUT2D eigenvalue weighted by Crippen LogP contribution is -2.38. The molecule has 6 nitrogen and oxygen atoms in total. The van der Waals surface area contributed by atoms with Crippen molar-refractivity contribution < 1.29 is 27.9 Å². The van der Waals surface area contributed by atoms with Gasteiger partial charge in [0.05, 0.1) is 5.56 Å². The predicted octanol–water partition coefficient (Wildman–Crippen LogP) is 1.11. The van der Waals surface area contributed by atoms with E-state index in [0.717, 1.165) is 11.0 Å². The average molecular weight is 291 g/mol. The van der Waals surface area contributed by atoms with Gasteiger partial charge in [-0.2, -0.15) is 13.2 Å². The zero-order valence-electron chi connectivity index (χ0n) is 10.6. The van der Waals surface area contributed by atoms with Gasteiger partial charge in [0.1, 0.15) is 17.6 Å². The van der Waals surface area contributed by atoms with Crippen molar-refractivity contribution in [2.24, 2.45) is 5.73 Å². The maximum Gasteiger partial charge on any atom is 0.433 e. The number of amides is 1. The minimum Gasteiger partial charge on any atom is -0.480 e. The number of hydrogen-bond donors (Lipinski definition) is 2. The number of carboxylic acid groups (broad SMARTS) is 1. The number of aromatic nitrogens is 1. The third-order valence-electron chi connectivity index (χ3n) is 2.70. The van der Waals surface area contributed by atoms with Crippen LogP contribution in [0.5, 0.6) is 0 Å². The Morgan fingerprint density at radius 3 is 2.35 bits per heavy atom. The molecular formula is C11H12F3N3O3. The van der Waals surface area contributed by atoms with E-state index in [-0.39, 0.29) is 5.56 Å². The van der Waals surface area contributed by atoms with Crippen LogP contribution in [0, 0.1) is 0 Å². The van der Waals surface area contributed by atoms with Gasteiger partial charge in [-0.25, -0.2) is 9.78 Å². The number of hydrogen-bond acceptors (Lipinski definition) is 4. The highest BCUT2D eigenvalue weighted by Crippen LogP contribution is 2.30.